The van der Waals surface area contributed by atoms with Crippen LogP contribution in [0.1, 0.15) is 4.88 Å². The second kappa shape index (κ2) is 6.65. The average molecular weight is 277 g/mol. The average Bonchev–Trinajstić information content (AvgIpc) is 2.91. The minimum absolute atomic E-state index is 0.0768. The van der Waals surface area contributed by atoms with E-state index in [0.717, 1.165) is 4.88 Å². The Kier molecular flexibility index (Phi) is 4.63. The summed E-state index contributed by atoms with van der Waals surface area (Å²) in [5.41, 5.74) is 3.08. The Bertz CT molecular complexity index is 552. The van der Waals surface area contributed by atoms with Crippen LogP contribution >= 0.6 is 11.3 Å². The maximum absolute atomic E-state index is 12.7. The third-order valence-electron chi connectivity index (χ3n) is 2.22. The van der Waals surface area contributed by atoms with Crippen molar-refractivity contribution in [3.63, 3.8) is 0 Å². The van der Waals surface area contributed by atoms with Crippen molar-refractivity contribution in [2.75, 3.05) is 11.9 Å². The van der Waals surface area contributed by atoms with Gasteiger partial charge in [0, 0.05) is 10.6 Å². The maximum Gasteiger partial charge on any atom is 0.259 e. The van der Waals surface area contributed by atoms with Crippen LogP contribution in [0.25, 0.3) is 0 Å². The molecule has 0 atom stereocenters. The van der Waals surface area contributed by atoms with Crippen LogP contribution in [0.4, 0.5) is 10.1 Å². The molecule has 98 valence electrons. The molecule has 2 rings (SSSR count). The Morgan fingerprint density at radius 3 is 2.79 bits per heavy atom. The second-order valence-corrected chi connectivity index (χ2v) is 4.65. The van der Waals surface area contributed by atoms with Gasteiger partial charge in [-0.25, -0.2) is 9.82 Å². The molecule has 0 aliphatic carbocycles. The van der Waals surface area contributed by atoms with Crippen molar-refractivity contribution >= 4 is 29.1 Å². The Morgan fingerprint density at radius 1 is 1.32 bits per heavy atom. The van der Waals surface area contributed by atoms with Crippen LogP contribution in [0, 0.1) is 5.82 Å². The third kappa shape index (κ3) is 4.51. The van der Waals surface area contributed by atoms with E-state index in [1.807, 2.05) is 17.5 Å². The van der Waals surface area contributed by atoms with Crippen LogP contribution in [0.15, 0.2) is 46.9 Å². The summed E-state index contributed by atoms with van der Waals surface area (Å²) in [5.74, 6) is -0.576. The molecule has 6 heteroatoms. The number of halogens is 1. The van der Waals surface area contributed by atoms with Crippen LogP contribution in [0.3, 0.4) is 0 Å². The van der Waals surface area contributed by atoms with Crippen molar-refractivity contribution < 1.29 is 9.18 Å². The van der Waals surface area contributed by atoms with Gasteiger partial charge in [0.15, 0.2) is 0 Å². The predicted octanol–water partition coefficient (Wildman–Crippen LogP) is 2.45. The lowest BCUT2D eigenvalue weighted by Crippen LogP contribution is -2.25. The Hall–Kier alpha value is -2.21. The first-order valence-corrected chi connectivity index (χ1v) is 6.47. The number of hydrazone groups is 1. The highest BCUT2D eigenvalue weighted by atomic mass is 32.1. The molecule has 0 unspecified atom stereocenters. The van der Waals surface area contributed by atoms with Gasteiger partial charge >= 0.3 is 0 Å². The van der Waals surface area contributed by atoms with Crippen molar-refractivity contribution in [3.8, 4) is 0 Å². The van der Waals surface area contributed by atoms with Gasteiger partial charge < -0.3 is 5.32 Å². The molecule has 1 aromatic heterocycles. The maximum atomic E-state index is 12.7. The first-order chi connectivity index (χ1) is 9.24. The van der Waals surface area contributed by atoms with E-state index in [2.05, 4.69) is 15.8 Å². The van der Waals surface area contributed by atoms with Gasteiger partial charge in [0.05, 0.1) is 12.8 Å². The standard InChI is InChI=1S/C13H12FN3OS/c14-10-3-5-11(6-4-10)15-9-13(18)17-16-8-12-2-1-7-19-12/h1-8,15H,9H2,(H,17,18). The van der Waals surface area contributed by atoms with Gasteiger partial charge in [-0.15, -0.1) is 11.3 Å². The van der Waals surface area contributed by atoms with E-state index in [-0.39, 0.29) is 18.3 Å². The smallest absolute Gasteiger partial charge is 0.259 e. The van der Waals surface area contributed by atoms with E-state index in [1.165, 1.54) is 23.5 Å². The summed E-state index contributed by atoms with van der Waals surface area (Å²) in [7, 11) is 0. The molecule has 0 fully saturated rings. The molecule has 0 bridgehead atoms. The number of nitrogens with one attached hydrogen (secondary N) is 2. The number of carbonyl (C=O) groups is 1. The molecule has 0 aliphatic rings. The summed E-state index contributed by atoms with van der Waals surface area (Å²) in [4.78, 5) is 12.4. The molecule has 2 aromatic rings. The molecular formula is C13H12FN3OS. The van der Waals surface area contributed by atoms with Crippen LogP contribution in [-0.2, 0) is 4.79 Å². The van der Waals surface area contributed by atoms with Crippen LogP contribution in [0.2, 0.25) is 0 Å². The zero-order valence-corrected chi connectivity index (χ0v) is 10.8. The van der Waals surface area contributed by atoms with Crippen molar-refractivity contribution in [1.82, 2.24) is 5.43 Å². The molecule has 0 saturated carbocycles. The number of amides is 1. The normalized spacial score (nSPS) is 10.6. The lowest BCUT2D eigenvalue weighted by atomic mass is 10.3. The number of anilines is 1. The number of carbonyl (C=O) groups excluding carboxylic acids is 1. The lowest BCUT2D eigenvalue weighted by Gasteiger charge is -2.04. The summed E-state index contributed by atoms with van der Waals surface area (Å²) in [5, 5.41) is 8.62. The van der Waals surface area contributed by atoms with Crippen molar-refractivity contribution in [2.24, 2.45) is 5.10 Å². The molecular weight excluding hydrogens is 265 g/mol. The largest absolute Gasteiger partial charge is 0.376 e. The van der Waals surface area contributed by atoms with Crippen LogP contribution in [-0.4, -0.2) is 18.7 Å². The molecule has 0 saturated heterocycles. The number of hydrogen-bond acceptors (Lipinski definition) is 4. The van der Waals surface area contributed by atoms with Gasteiger partial charge in [0.25, 0.3) is 5.91 Å². The van der Waals surface area contributed by atoms with E-state index in [9.17, 15) is 9.18 Å². The zero-order valence-electron chi connectivity index (χ0n) is 9.97. The fraction of sp³-hybridized carbons (Fsp3) is 0.0769. The van der Waals surface area contributed by atoms with E-state index in [0.29, 0.717) is 5.69 Å². The van der Waals surface area contributed by atoms with Crippen LogP contribution in [0.5, 0.6) is 0 Å². The first kappa shape index (κ1) is 13.2. The lowest BCUT2D eigenvalue weighted by molar-refractivity contribution is -0.119. The summed E-state index contributed by atoms with van der Waals surface area (Å²) < 4.78 is 12.7. The topological polar surface area (TPSA) is 53.5 Å². The minimum atomic E-state index is -0.310. The van der Waals surface area contributed by atoms with Gasteiger partial charge in [-0.3, -0.25) is 4.79 Å². The van der Waals surface area contributed by atoms with E-state index >= 15 is 0 Å². The quantitative estimate of drug-likeness (QED) is 0.651. The van der Waals surface area contributed by atoms with Gasteiger partial charge in [0.1, 0.15) is 5.82 Å². The molecule has 4 nitrogen and oxygen atoms in total. The highest BCUT2D eigenvalue weighted by molar-refractivity contribution is 7.11. The Labute approximate surface area is 114 Å². The van der Waals surface area contributed by atoms with E-state index < -0.39 is 0 Å². The van der Waals surface area contributed by atoms with Crippen molar-refractivity contribution in [1.29, 1.82) is 0 Å². The molecule has 0 aliphatic heterocycles. The highest BCUT2D eigenvalue weighted by Crippen LogP contribution is 2.07. The third-order valence-corrected chi connectivity index (χ3v) is 3.03. The van der Waals surface area contributed by atoms with Gasteiger partial charge in [-0.05, 0) is 35.7 Å². The van der Waals surface area contributed by atoms with Gasteiger partial charge in [-0.1, -0.05) is 6.07 Å². The fourth-order valence-corrected chi connectivity index (χ4v) is 1.91. The SMILES string of the molecule is O=C(CNc1ccc(F)cc1)NN=Cc1cccs1. The molecule has 2 N–H and O–H groups in total. The monoisotopic (exact) mass is 277 g/mol. The van der Waals surface area contributed by atoms with E-state index in [4.69, 9.17) is 0 Å². The van der Waals surface area contributed by atoms with Crippen molar-refractivity contribution in [3.05, 3.63) is 52.5 Å². The van der Waals surface area contributed by atoms with E-state index in [1.54, 1.807) is 18.3 Å². The molecule has 0 radical (unpaired) electrons. The number of nitrogens with zero attached hydrogens (tertiary/aromatic N) is 1. The van der Waals surface area contributed by atoms with Crippen LogP contribution < -0.4 is 10.7 Å². The minimum Gasteiger partial charge on any atom is -0.376 e. The number of thiophene rings is 1. The molecule has 1 amide bonds. The number of rotatable bonds is 5. The van der Waals surface area contributed by atoms with Gasteiger partial charge in [-0.2, -0.15) is 5.10 Å². The molecule has 1 heterocycles. The molecule has 0 spiro atoms. The summed E-state index contributed by atoms with van der Waals surface area (Å²) in [6.07, 6.45) is 1.58. The van der Waals surface area contributed by atoms with Gasteiger partial charge in [0.2, 0.25) is 0 Å². The molecule has 1 aromatic carbocycles. The highest BCUT2D eigenvalue weighted by Gasteiger charge is 1.99. The number of benzene rings is 1. The summed E-state index contributed by atoms with van der Waals surface area (Å²) >= 11 is 1.53. The zero-order chi connectivity index (χ0) is 13.5. The summed E-state index contributed by atoms with van der Waals surface area (Å²) in [6, 6.07) is 9.60. The molecule has 19 heavy (non-hydrogen) atoms. The fourth-order valence-electron chi connectivity index (χ4n) is 1.32. The Morgan fingerprint density at radius 2 is 2.11 bits per heavy atom. The Balaban J connectivity index is 1.74. The first-order valence-electron chi connectivity index (χ1n) is 5.59. The second-order valence-electron chi connectivity index (χ2n) is 3.67. The summed E-state index contributed by atoms with van der Waals surface area (Å²) in [6.45, 7) is 0.0768. The van der Waals surface area contributed by atoms with Crippen molar-refractivity contribution in [2.45, 2.75) is 0 Å². The predicted molar refractivity (Wildman–Crippen MR) is 74.9 cm³/mol. The number of hydrogen-bond donors (Lipinski definition) is 2.